The third-order valence-corrected chi connectivity index (χ3v) is 3.72. The number of hydrogen-bond donors (Lipinski definition) is 0. The van der Waals surface area contributed by atoms with Crippen LogP contribution in [0.3, 0.4) is 0 Å². The fourth-order valence-electron chi connectivity index (χ4n) is 2.20. The molecule has 2 rings (SSSR count). The molecule has 0 aliphatic rings. The van der Waals surface area contributed by atoms with E-state index < -0.39 is 5.38 Å². The van der Waals surface area contributed by atoms with Gasteiger partial charge in [-0.25, -0.2) is 4.39 Å². The molecule has 0 spiro atoms. The zero-order valence-corrected chi connectivity index (χ0v) is 12.7. The van der Waals surface area contributed by atoms with Crippen molar-refractivity contribution in [3.63, 3.8) is 0 Å². The van der Waals surface area contributed by atoms with E-state index >= 15 is 0 Å². The van der Waals surface area contributed by atoms with Crippen LogP contribution in [0, 0.1) is 19.7 Å². The van der Waals surface area contributed by atoms with Crippen molar-refractivity contribution in [3.05, 3.63) is 64.5 Å². The highest BCUT2D eigenvalue weighted by atomic mass is 35.5. The molecule has 0 heterocycles. The molecule has 0 aromatic heterocycles. The number of rotatable bonds is 4. The van der Waals surface area contributed by atoms with Gasteiger partial charge in [0.15, 0.2) is 0 Å². The second-order valence-corrected chi connectivity index (χ2v) is 5.27. The normalized spacial score (nSPS) is 12.2. The number of benzene rings is 2. The molecule has 20 heavy (non-hydrogen) atoms. The molecule has 0 radical (unpaired) electrons. The first-order chi connectivity index (χ1) is 9.52. The lowest BCUT2D eigenvalue weighted by Crippen LogP contribution is -2.02. The highest BCUT2D eigenvalue weighted by Crippen LogP contribution is 2.37. The number of aryl methyl sites for hydroxylation is 2. The summed E-state index contributed by atoms with van der Waals surface area (Å²) in [6.07, 6.45) is 0. The standard InChI is InChI=1S/C17H18ClFO/c1-4-20-16-8-5-11(2)9-15(16)17(18)14-10-13(19)7-6-12(14)3/h5-10,17H,4H2,1-3H3. The molecule has 2 aromatic carbocycles. The van der Waals surface area contributed by atoms with E-state index in [1.54, 1.807) is 6.07 Å². The number of ether oxygens (including phenoxy) is 1. The summed E-state index contributed by atoms with van der Waals surface area (Å²) in [6.45, 7) is 6.43. The van der Waals surface area contributed by atoms with Crippen LogP contribution in [0.25, 0.3) is 0 Å². The monoisotopic (exact) mass is 292 g/mol. The van der Waals surface area contributed by atoms with Gasteiger partial charge in [0, 0.05) is 5.56 Å². The predicted molar refractivity (Wildman–Crippen MR) is 81.2 cm³/mol. The predicted octanol–water partition coefficient (Wildman–Crippen LogP) is 5.17. The Morgan fingerprint density at radius 2 is 1.85 bits per heavy atom. The summed E-state index contributed by atoms with van der Waals surface area (Å²) in [5, 5.41) is -0.424. The van der Waals surface area contributed by atoms with Crippen molar-refractivity contribution in [3.8, 4) is 5.75 Å². The maximum Gasteiger partial charge on any atom is 0.124 e. The van der Waals surface area contributed by atoms with Crippen molar-refractivity contribution in [2.24, 2.45) is 0 Å². The maximum absolute atomic E-state index is 13.5. The lowest BCUT2D eigenvalue weighted by atomic mass is 9.98. The van der Waals surface area contributed by atoms with Crippen molar-refractivity contribution < 1.29 is 9.13 Å². The minimum atomic E-state index is -0.424. The summed E-state index contributed by atoms with van der Waals surface area (Å²) >= 11 is 6.58. The van der Waals surface area contributed by atoms with Gasteiger partial charge in [-0.15, -0.1) is 11.6 Å². The molecule has 0 amide bonds. The molecule has 0 fully saturated rings. The van der Waals surface area contributed by atoms with Crippen LogP contribution in [0.15, 0.2) is 36.4 Å². The van der Waals surface area contributed by atoms with Crippen molar-refractivity contribution in [1.29, 1.82) is 0 Å². The van der Waals surface area contributed by atoms with E-state index in [2.05, 4.69) is 0 Å². The van der Waals surface area contributed by atoms with E-state index in [9.17, 15) is 4.39 Å². The highest BCUT2D eigenvalue weighted by Gasteiger charge is 2.18. The van der Waals surface area contributed by atoms with Gasteiger partial charge in [-0.05, 0) is 50.1 Å². The average molecular weight is 293 g/mol. The number of halogens is 2. The van der Waals surface area contributed by atoms with Gasteiger partial charge in [-0.2, -0.15) is 0 Å². The van der Waals surface area contributed by atoms with E-state index in [-0.39, 0.29) is 5.82 Å². The van der Waals surface area contributed by atoms with E-state index in [4.69, 9.17) is 16.3 Å². The van der Waals surface area contributed by atoms with Crippen LogP contribution in [0.2, 0.25) is 0 Å². The first-order valence-corrected chi connectivity index (χ1v) is 7.10. The summed E-state index contributed by atoms with van der Waals surface area (Å²) in [4.78, 5) is 0. The van der Waals surface area contributed by atoms with Gasteiger partial charge in [0.05, 0.1) is 12.0 Å². The smallest absolute Gasteiger partial charge is 0.124 e. The van der Waals surface area contributed by atoms with Gasteiger partial charge >= 0.3 is 0 Å². The first kappa shape index (κ1) is 14.9. The molecular formula is C17H18ClFO. The second-order valence-electron chi connectivity index (χ2n) is 4.84. The van der Waals surface area contributed by atoms with Crippen LogP contribution in [0.1, 0.15) is 34.6 Å². The lowest BCUT2D eigenvalue weighted by Gasteiger charge is -2.18. The Labute approximate surface area is 124 Å². The van der Waals surface area contributed by atoms with Crippen LogP contribution in [-0.4, -0.2) is 6.61 Å². The van der Waals surface area contributed by atoms with Gasteiger partial charge in [0.25, 0.3) is 0 Å². The molecule has 1 nitrogen and oxygen atoms in total. The molecule has 1 unspecified atom stereocenters. The van der Waals surface area contributed by atoms with Gasteiger partial charge in [-0.1, -0.05) is 23.8 Å². The first-order valence-electron chi connectivity index (χ1n) is 6.66. The van der Waals surface area contributed by atoms with Crippen molar-refractivity contribution >= 4 is 11.6 Å². The minimum Gasteiger partial charge on any atom is -0.494 e. The third-order valence-electron chi connectivity index (χ3n) is 3.25. The Kier molecular flexibility index (Phi) is 4.66. The van der Waals surface area contributed by atoms with Crippen LogP contribution >= 0.6 is 11.6 Å². The number of hydrogen-bond acceptors (Lipinski definition) is 1. The summed E-state index contributed by atoms with van der Waals surface area (Å²) in [7, 11) is 0. The fraction of sp³-hybridized carbons (Fsp3) is 0.294. The van der Waals surface area contributed by atoms with E-state index in [1.807, 2.05) is 39.0 Å². The van der Waals surface area contributed by atoms with Crippen LogP contribution in [0.4, 0.5) is 4.39 Å². The Hall–Kier alpha value is -1.54. The van der Waals surface area contributed by atoms with Crippen LogP contribution in [-0.2, 0) is 0 Å². The van der Waals surface area contributed by atoms with Gasteiger partial charge in [-0.3, -0.25) is 0 Å². The fourth-order valence-corrected chi connectivity index (χ4v) is 2.61. The quantitative estimate of drug-likeness (QED) is 0.706. The van der Waals surface area contributed by atoms with E-state index in [0.29, 0.717) is 6.61 Å². The SMILES string of the molecule is CCOc1ccc(C)cc1C(Cl)c1cc(F)ccc1C. The molecule has 2 aromatic rings. The Bertz CT molecular complexity index is 610. The molecule has 3 heteroatoms. The van der Waals surface area contributed by atoms with Gasteiger partial charge in [0.1, 0.15) is 11.6 Å². The lowest BCUT2D eigenvalue weighted by molar-refractivity contribution is 0.336. The second kappa shape index (κ2) is 6.27. The average Bonchev–Trinajstić information content (AvgIpc) is 2.43. The zero-order valence-electron chi connectivity index (χ0n) is 11.9. The highest BCUT2D eigenvalue weighted by molar-refractivity contribution is 6.23. The molecule has 106 valence electrons. The Balaban J connectivity index is 2.49. The topological polar surface area (TPSA) is 9.23 Å². The molecule has 0 aliphatic heterocycles. The van der Waals surface area contributed by atoms with Gasteiger partial charge in [0.2, 0.25) is 0 Å². The Morgan fingerprint density at radius 3 is 2.55 bits per heavy atom. The largest absolute Gasteiger partial charge is 0.494 e. The molecule has 0 N–H and O–H groups in total. The van der Waals surface area contributed by atoms with Crippen LogP contribution < -0.4 is 4.74 Å². The molecule has 1 atom stereocenters. The summed E-state index contributed by atoms with van der Waals surface area (Å²) in [6, 6.07) is 10.6. The van der Waals surface area contributed by atoms with Crippen molar-refractivity contribution in [2.45, 2.75) is 26.1 Å². The van der Waals surface area contributed by atoms with Crippen molar-refractivity contribution in [1.82, 2.24) is 0 Å². The van der Waals surface area contributed by atoms with Crippen molar-refractivity contribution in [2.75, 3.05) is 6.61 Å². The number of alkyl halides is 1. The molecule has 0 saturated heterocycles. The molecule has 0 aliphatic carbocycles. The summed E-state index contributed by atoms with van der Waals surface area (Å²) in [5.74, 6) is 0.476. The third kappa shape index (κ3) is 3.13. The zero-order chi connectivity index (χ0) is 14.7. The Morgan fingerprint density at radius 1 is 1.10 bits per heavy atom. The summed E-state index contributed by atoms with van der Waals surface area (Å²) < 4.78 is 19.1. The molecule has 0 bridgehead atoms. The summed E-state index contributed by atoms with van der Waals surface area (Å²) in [5.41, 5.74) is 3.72. The van der Waals surface area contributed by atoms with Gasteiger partial charge < -0.3 is 4.74 Å². The van der Waals surface area contributed by atoms with E-state index in [1.165, 1.54) is 12.1 Å². The van der Waals surface area contributed by atoms with E-state index in [0.717, 1.165) is 28.0 Å². The maximum atomic E-state index is 13.5. The molecular weight excluding hydrogens is 275 g/mol. The minimum absolute atomic E-state index is 0.276. The van der Waals surface area contributed by atoms with Crippen LogP contribution in [0.5, 0.6) is 5.75 Å². The molecule has 0 saturated carbocycles.